The van der Waals surface area contributed by atoms with Crippen molar-refractivity contribution in [2.45, 2.75) is 32.9 Å². The Morgan fingerprint density at radius 3 is 2.19 bits per heavy atom. The van der Waals surface area contributed by atoms with E-state index in [4.69, 9.17) is 4.74 Å². The zero-order valence-corrected chi connectivity index (χ0v) is 13.0. The predicted molar refractivity (Wildman–Crippen MR) is 88.5 cm³/mol. The van der Waals surface area contributed by atoms with Crippen molar-refractivity contribution in [3.63, 3.8) is 0 Å². The Morgan fingerprint density at radius 2 is 1.57 bits per heavy atom. The second kappa shape index (κ2) is 8.48. The van der Waals surface area contributed by atoms with Gasteiger partial charge in [-0.05, 0) is 37.6 Å². The Labute approximate surface area is 128 Å². The van der Waals surface area contributed by atoms with Crippen molar-refractivity contribution in [2.75, 3.05) is 13.2 Å². The largest absolute Gasteiger partial charge is 0.492 e. The number of ether oxygens (including phenoxy) is 1. The minimum Gasteiger partial charge on any atom is -0.492 e. The number of benzene rings is 2. The molecule has 0 aliphatic carbocycles. The van der Waals surface area contributed by atoms with Gasteiger partial charge in [0.15, 0.2) is 0 Å². The average molecular weight is 283 g/mol. The van der Waals surface area contributed by atoms with Crippen molar-refractivity contribution in [1.29, 1.82) is 0 Å². The van der Waals surface area contributed by atoms with E-state index in [0.717, 1.165) is 31.9 Å². The Bertz CT molecular complexity index is 497. The fourth-order valence-corrected chi connectivity index (χ4v) is 2.40. The van der Waals surface area contributed by atoms with Gasteiger partial charge in [0.2, 0.25) is 0 Å². The molecule has 0 saturated heterocycles. The molecule has 1 unspecified atom stereocenters. The van der Waals surface area contributed by atoms with Gasteiger partial charge in [-0.25, -0.2) is 0 Å². The summed E-state index contributed by atoms with van der Waals surface area (Å²) in [5.41, 5.74) is 1.36. The Kier molecular flexibility index (Phi) is 6.29. The first-order valence-electron chi connectivity index (χ1n) is 7.75. The summed E-state index contributed by atoms with van der Waals surface area (Å²) < 4.78 is 5.89. The molecule has 0 amide bonds. The summed E-state index contributed by atoms with van der Waals surface area (Å²) in [6.07, 6.45) is 1.16. The maximum absolute atomic E-state index is 5.89. The lowest BCUT2D eigenvalue weighted by Crippen LogP contribution is -2.37. The van der Waals surface area contributed by atoms with E-state index >= 15 is 0 Å². The van der Waals surface area contributed by atoms with Crippen LogP contribution >= 0.6 is 0 Å². The second-order valence-corrected chi connectivity index (χ2v) is 5.43. The second-order valence-electron chi connectivity index (χ2n) is 5.43. The lowest BCUT2D eigenvalue weighted by molar-refractivity contribution is 0.139. The molecular weight excluding hydrogens is 258 g/mol. The predicted octanol–water partition coefficient (Wildman–Crippen LogP) is 4.37. The smallest absolute Gasteiger partial charge is 0.119 e. The summed E-state index contributed by atoms with van der Waals surface area (Å²) >= 11 is 0. The molecule has 2 aromatic rings. The molecule has 2 rings (SSSR count). The molecule has 0 heterocycles. The Hall–Kier alpha value is -1.80. The fourth-order valence-electron chi connectivity index (χ4n) is 2.40. The molecule has 0 radical (unpaired) electrons. The van der Waals surface area contributed by atoms with Crippen molar-refractivity contribution < 1.29 is 4.74 Å². The molecule has 0 spiro atoms. The van der Waals surface area contributed by atoms with Crippen LogP contribution in [-0.4, -0.2) is 24.1 Å². The monoisotopic (exact) mass is 283 g/mol. The first-order chi connectivity index (χ1) is 10.3. The van der Waals surface area contributed by atoms with E-state index in [1.54, 1.807) is 0 Å². The highest BCUT2D eigenvalue weighted by Gasteiger charge is 2.14. The third kappa shape index (κ3) is 5.24. The molecule has 2 aromatic carbocycles. The third-order valence-corrected chi connectivity index (χ3v) is 3.60. The first kappa shape index (κ1) is 15.6. The lowest BCUT2D eigenvalue weighted by atomic mass is 10.2. The van der Waals surface area contributed by atoms with Crippen LogP contribution in [0.1, 0.15) is 25.8 Å². The van der Waals surface area contributed by atoms with Crippen LogP contribution in [0, 0.1) is 0 Å². The molecule has 0 fully saturated rings. The minimum absolute atomic E-state index is 0.394. The van der Waals surface area contributed by atoms with Gasteiger partial charge in [0.25, 0.3) is 0 Å². The molecule has 0 bridgehead atoms. The molecule has 0 aliphatic rings. The number of para-hydroxylation sites is 1. The molecule has 2 heteroatoms. The van der Waals surface area contributed by atoms with E-state index in [0.29, 0.717) is 6.04 Å². The van der Waals surface area contributed by atoms with Gasteiger partial charge in [-0.3, -0.25) is 4.90 Å². The number of nitrogens with zero attached hydrogens (tertiary/aromatic N) is 1. The highest BCUT2D eigenvalue weighted by atomic mass is 16.5. The highest BCUT2D eigenvalue weighted by Crippen LogP contribution is 2.13. The highest BCUT2D eigenvalue weighted by molar-refractivity contribution is 5.21. The van der Waals surface area contributed by atoms with Gasteiger partial charge in [-0.1, -0.05) is 55.5 Å². The molecule has 2 nitrogen and oxygen atoms in total. The summed E-state index contributed by atoms with van der Waals surface area (Å²) in [6.45, 7) is 7.25. The van der Waals surface area contributed by atoms with Gasteiger partial charge in [0, 0.05) is 12.6 Å². The van der Waals surface area contributed by atoms with Gasteiger partial charge < -0.3 is 4.74 Å². The van der Waals surface area contributed by atoms with Crippen molar-refractivity contribution in [1.82, 2.24) is 4.90 Å². The molecule has 0 saturated carbocycles. The summed E-state index contributed by atoms with van der Waals surface area (Å²) in [5.74, 6) is 0.945. The van der Waals surface area contributed by atoms with Crippen LogP contribution in [0.5, 0.6) is 5.75 Å². The zero-order chi connectivity index (χ0) is 14.9. The van der Waals surface area contributed by atoms with E-state index in [-0.39, 0.29) is 0 Å². The molecule has 112 valence electrons. The van der Waals surface area contributed by atoms with Crippen molar-refractivity contribution in [3.8, 4) is 5.75 Å². The Morgan fingerprint density at radius 1 is 0.952 bits per heavy atom. The topological polar surface area (TPSA) is 12.5 Å². The maximum atomic E-state index is 5.89. The van der Waals surface area contributed by atoms with Gasteiger partial charge in [-0.2, -0.15) is 0 Å². The molecule has 21 heavy (non-hydrogen) atoms. The minimum atomic E-state index is 0.394. The normalized spacial score (nSPS) is 12.3. The standard InChI is InChI=1S/C19H25NO/c1-3-14-20(15-18-10-6-4-7-11-18)17(2)16-21-19-12-8-5-9-13-19/h4-13,17H,3,14-16H2,1-2H3. The first-order valence-corrected chi connectivity index (χ1v) is 7.75. The molecule has 1 atom stereocenters. The van der Waals surface area contributed by atoms with Gasteiger partial charge in [-0.15, -0.1) is 0 Å². The molecule has 0 aromatic heterocycles. The van der Waals surface area contributed by atoms with E-state index < -0.39 is 0 Å². The molecule has 0 N–H and O–H groups in total. The van der Waals surface area contributed by atoms with Crippen LogP contribution in [0.25, 0.3) is 0 Å². The van der Waals surface area contributed by atoms with Crippen LogP contribution < -0.4 is 4.74 Å². The van der Waals surface area contributed by atoms with E-state index in [2.05, 4.69) is 49.1 Å². The van der Waals surface area contributed by atoms with Crippen LogP contribution in [0.15, 0.2) is 60.7 Å². The van der Waals surface area contributed by atoms with Crippen molar-refractivity contribution >= 4 is 0 Å². The fraction of sp³-hybridized carbons (Fsp3) is 0.368. The van der Waals surface area contributed by atoms with Crippen LogP contribution in [0.3, 0.4) is 0 Å². The third-order valence-electron chi connectivity index (χ3n) is 3.60. The quantitative estimate of drug-likeness (QED) is 0.713. The van der Waals surface area contributed by atoms with Crippen molar-refractivity contribution in [2.24, 2.45) is 0 Å². The van der Waals surface area contributed by atoms with Crippen LogP contribution in [-0.2, 0) is 6.54 Å². The van der Waals surface area contributed by atoms with Gasteiger partial charge >= 0.3 is 0 Å². The average Bonchev–Trinajstić information content (AvgIpc) is 2.54. The lowest BCUT2D eigenvalue weighted by Gasteiger charge is -2.28. The van der Waals surface area contributed by atoms with Gasteiger partial charge in [0.1, 0.15) is 12.4 Å². The van der Waals surface area contributed by atoms with Gasteiger partial charge in [0.05, 0.1) is 0 Å². The number of hydrogen-bond donors (Lipinski definition) is 0. The zero-order valence-electron chi connectivity index (χ0n) is 13.0. The van der Waals surface area contributed by atoms with Crippen molar-refractivity contribution in [3.05, 3.63) is 66.2 Å². The van der Waals surface area contributed by atoms with E-state index in [9.17, 15) is 0 Å². The summed E-state index contributed by atoms with van der Waals surface area (Å²) in [5, 5.41) is 0. The van der Waals surface area contributed by atoms with E-state index in [1.165, 1.54) is 5.56 Å². The van der Waals surface area contributed by atoms with Crippen LogP contribution in [0.2, 0.25) is 0 Å². The SMILES string of the molecule is CCCN(Cc1ccccc1)C(C)COc1ccccc1. The van der Waals surface area contributed by atoms with Crippen LogP contribution in [0.4, 0.5) is 0 Å². The van der Waals surface area contributed by atoms with E-state index in [1.807, 2.05) is 30.3 Å². The number of hydrogen-bond acceptors (Lipinski definition) is 2. The maximum Gasteiger partial charge on any atom is 0.119 e. The summed E-state index contributed by atoms with van der Waals surface area (Å²) in [4.78, 5) is 2.48. The number of rotatable bonds is 8. The summed E-state index contributed by atoms with van der Waals surface area (Å²) in [7, 11) is 0. The Balaban J connectivity index is 1.90. The molecule has 0 aliphatic heterocycles. The summed E-state index contributed by atoms with van der Waals surface area (Å²) in [6, 6.07) is 21.1. The molecular formula is C19H25NO.